The molecule has 158 valence electrons. The summed E-state index contributed by atoms with van der Waals surface area (Å²) in [6, 6.07) is 5.89. The van der Waals surface area contributed by atoms with Crippen molar-refractivity contribution in [3.8, 4) is 11.5 Å². The molecule has 0 spiro atoms. The largest absolute Gasteiger partial charge is 0.486 e. The molecular weight excluding hydrogens is 368 g/mol. The van der Waals surface area contributed by atoms with Gasteiger partial charge in [-0.15, -0.1) is 0 Å². The average Bonchev–Trinajstić information content (AvgIpc) is 3.27. The Kier molecular flexibility index (Phi) is 5.97. The third-order valence-electron chi connectivity index (χ3n) is 6.74. The minimum Gasteiger partial charge on any atom is -0.486 e. The summed E-state index contributed by atoms with van der Waals surface area (Å²) in [6.45, 7) is 4.32. The number of ether oxygens (including phenoxy) is 2. The number of likely N-dealkylation sites (tertiary alicyclic amines) is 1. The van der Waals surface area contributed by atoms with Gasteiger partial charge in [0.25, 0.3) is 0 Å². The van der Waals surface area contributed by atoms with Crippen LogP contribution in [0, 0.1) is 0 Å². The first kappa shape index (κ1) is 20.0. The van der Waals surface area contributed by atoms with E-state index >= 15 is 0 Å². The van der Waals surface area contributed by atoms with Gasteiger partial charge in [-0.1, -0.05) is 25.8 Å². The number of nitrogens with zero attached hydrogens (tertiary/aromatic N) is 1. The second-order valence-electron chi connectivity index (χ2n) is 8.52. The van der Waals surface area contributed by atoms with Gasteiger partial charge >= 0.3 is 0 Å². The van der Waals surface area contributed by atoms with E-state index in [0.717, 1.165) is 56.4 Å². The van der Waals surface area contributed by atoms with Gasteiger partial charge < -0.3 is 19.7 Å². The van der Waals surface area contributed by atoms with E-state index in [1.807, 2.05) is 13.0 Å². The number of benzene rings is 1. The van der Waals surface area contributed by atoms with Crippen LogP contribution >= 0.6 is 0 Å². The first-order valence-electron chi connectivity index (χ1n) is 11.1. The molecule has 1 saturated heterocycles. The number of rotatable bonds is 5. The summed E-state index contributed by atoms with van der Waals surface area (Å²) in [5.74, 6) is 1.68. The van der Waals surface area contributed by atoms with Crippen LogP contribution in [0.15, 0.2) is 18.2 Å². The number of hydrogen-bond acceptors (Lipinski definition) is 4. The molecule has 1 atom stereocenters. The lowest BCUT2D eigenvalue weighted by Crippen LogP contribution is -2.53. The Morgan fingerprint density at radius 3 is 2.62 bits per heavy atom. The number of carbonyl (C=O) groups is 2. The van der Waals surface area contributed by atoms with Gasteiger partial charge in [-0.2, -0.15) is 0 Å². The molecule has 2 amide bonds. The smallest absolute Gasteiger partial charge is 0.242 e. The van der Waals surface area contributed by atoms with Crippen molar-refractivity contribution in [1.82, 2.24) is 10.2 Å². The Labute approximate surface area is 172 Å². The van der Waals surface area contributed by atoms with E-state index in [0.29, 0.717) is 32.7 Å². The topological polar surface area (TPSA) is 67.9 Å². The minimum atomic E-state index is -0.324. The third kappa shape index (κ3) is 4.07. The normalized spacial score (nSPS) is 22.9. The van der Waals surface area contributed by atoms with E-state index < -0.39 is 0 Å². The zero-order valence-corrected chi connectivity index (χ0v) is 17.4. The van der Waals surface area contributed by atoms with Crippen LogP contribution in [-0.2, 0) is 15.0 Å². The molecule has 1 unspecified atom stereocenters. The maximum absolute atomic E-state index is 13.0. The fraction of sp³-hybridized carbons (Fsp3) is 0.652. The minimum absolute atomic E-state index is 0.00433. The molecular formula is C23H32N2O4. The average molecular weight is 401 g/mol. The number of fused-ring (bicyclic) bond motifs is 1. The molecule has 2 heterocycles. The van der Waals surface area contributed by atoms with Crippen molar-refractivity contribution < 1.29 is 19.1 Å². The van der Waals surface area contributed by atoms with Gasteiger partial charge in [0.1, 0.15) is 19.3 Å². The zero-order chi connectivity index (χ0) is 20.3. The quantitative estimate of drug-likeness (QED) is 0.824. The Morgan fingerprint density at radius 2 is 1.86 bits per heavy atom. The summed E-state index contributed by atoms with van der Waals surface area (Å²) in [4.78, 5) is 27.1. The van der Waals surface area contributed by atoms with Crippen molar-refractivity contribution in [2.45, 2.75) is 69.7 Å². The molecule has 1 saturated carbocycles. The number of amides is 2. The lowest BCUT2D eigenvalue weighted by atomic mass is 9.78. The fourth-order valence-corrected chi connectivity index (χ4v) is 5.07. The third-order valence-corrected chi connectivity index (χ3v) is 6.74. The van der Waals surface area contributed by atoms with Crippen LogP contribution in [0.1, 0.15) is 63.9 Å². The predicted octanol–water partition coefficient (Wildman–Crippen LogP) is 3.18. The van der Waals surface area contributed by atoms with Gasteiger partial charge in [0.2, 0.25) is 11.8 Å². The lowest BCUT2D eigenvalue weighted by molar-refractivity contribution is -0.142. The number of piperidine rings is 1. The first-order valence-corrected chi connectivity index (χ1v) is 11.1. The summed E-state index contributed by atoms with van der Waals surface area (Å²) < 4.78 is 11.4. The van der Waals surface area contributed by atoms with Crippen LogP contribution in [-0.4, -0.2) is 49.1 Å². The number of hydrogen-bond donors (Lipinski definition) is 1. The molecule has 0 radical (unpaired) electrons. The molecule has 6 nitrogen and oxygen atoms in total. The fourth-order valence-electron chi connectivity index (χ4n) is 5.07. The molecule has 1 aliphatic carbocycles. The Hall–Kier alpha value is -2.24. The van der Waals surface area contributed by atoms with Crippen molar-refractivity contribution in [1.29, 1.82) is 0 Å². The van der Waals surface area contributed by atoms with Crippen molar-refractivity contribution >= 4 is 11.8 Å². The van der Waals surface area contributed by atoms with Crippen LogP contribution in [0.5, 0.6) is 11.5 Å². The summed E-state index contributed by atoms with van der Waals surface area (Å²) in [6.07, 6.45) is 7.61. The van der Waals surface area contributed by atoms with Crippen molar-refractivity contribution in [2.24, 2.45) is 0 Å². The van der Waals surface area contributed by atoms with E-state index in [1.54, 1.807) is 4.90 Å². The Balaban J connectivity index is 1.48. The molecule has 3 aliphatic rings. The Morgan fingerprint density at radius 1 is 1.10 bits per heavy atom. The second kappa shape index (κ2) is 8.64. The van der Waals surface area contributed by atoms with Crippen LogP contribution in [0.4, 0.5) is 0 Å². The molecule has 1 aromatic rings. The van der Waals surface area contributed by atoms with Crippen molar-refractivity contribution in [3.05, 3.63) is 23.8 Å². The molecule has 2 aliphatic heterocycles. The second-order valence-corrected chi connectivity index (χ2v) is 8.52. The standard InChI is InChI=1S/C23H32N2O4/c1-2-21(26)25-12-6-3-7-18(25)22(27)24-16-23(10-4-5-11-23)17-8-9-19-20(15-17)29-14-13-28-19/h8-9,15,18H,2-7,10-14,16H2,1H3,(H,24,27). The SMILES string of the molecule is CCC(=O)N1CCCCC1C(=O)NCC1(c2ccc3c(c2)OCCO3)CCCC1. The van der Waals surface area contributed by atoms with Crippen molar-refractivity contribution in [3.63, 3.8) is 0 Å². The highest BCUT2D eigenvalue weighted by atomic mass is 16.6. The number of carbonyl (C=O) groups excluding carboxylic acids is 2. The molecule has 29 heavy (non-hydrogen) atoms. The summed E-state index contributed by atoms with van der Waals surface area (Å²) in [5.41, 5.74) is 1.14. The maximum atomic E-state index is 13.0. The molecule has 1 N–H and O–H groups in total. The first-order chi connectivity index (χ1) is 14.1. The van der Waals surface area contributed by atoms with Crippen LogP contribution < -0.4 is 14.8 Å². The molecule has 6 heteroatoms. The molecule has 2 fully saturated rings. The maximum Gasteiger partial charge on any atom is 0.242 e. The molecule has 1 aromatic carbocycles. The monoisotopic (exact) mass is 400 g/mol. The summed E-state index contributed by atoms with van der Waals surface area (Å²) in [5, 5.41) is 3.22. The highest BCUT2D eigenvalue weighted by Crippen LogP contribution is 2.43. The van der Waals surface area contributed by atoms with Gasteiger partial charge in [0.05, 0.1) is 0 Å². The van der Waals surface area contributed by atoms with E-state index in [2.05, 4.69) is 17.4 Å². The highest BCUT2D eigenvalue weighted by molar-refractivity contribution is 5.87. The van der Waals surface area contributed by atoms with E-state index in [1.165, 1.54) is 5.56 Å². The predicted molar refractivity (Wildman–Crippen MR) is 110 cm³/mol. The number of nitrogens with one attached hydrogen (secondary N) is 1. The van der Waals surface area contributed by atoms with E-state index in [-0.39, 0.29) is 23.3 Å². The zero-order valence-electron chi connectivity index (χ0n) is 17.4. The highest BCUT2D eigenvalue weighted by Gasteiger charge is 2.38. The molecule has 0 bridgehead atoms. The molecule has 0 aromatic heterocycles. The Bertz CT molecular complexity index is 757. The van der Waals surface area contributed by atoms with Gasteiger partial charge in [0, 0.05) is 24.9 Å². The lowest BCUT2D eigenvalue weighted by Gasteiger charge is -2.36. The van der Waals surface area contributed by atoms with Crippen LogP contribution in [0.2, 0.25) is 0 Å². The summed E-state index contributed by atoms with van der Waals surface area (Å²) in [7, 11) is 0. The van der Waals surface area contributed by atoms with Crippen LogP contribution in [0.25, 0.3) is 0 Å². The molecule has 4 rings (SSSR count). The van der Waals surface area contributed by atoms with Crippen molar-refractivity contribution in [2.75, 3.05) is 26.3 Å². The summed E-state index contributed by atoms with van der Waals surface area (Å²) >= 11 is 0. The van der Waals surface area contributed by atoms with Crippen LogP contribution in [0.3, 0.4) is 0 Å². The van der Waals surface area contributed by atoms with E-state index in [9.17, 15) is 9.59 Å². The van der Waals surface area contributed by atoms with Gasteiger partial charge in [0.15, 0.2) is 11.5 Å². The van der Waals surface area contributed by atoms with Gasteiger partial charge in [-0.25, -0.2) is 0 Å². The van der Waals surface area contributed by atoms with Gasteiger partial charge in [-0.05, 0) is 49.8 Å². The van der Waals surface area contributed by atoms with E-state index in [4.69, 9.17) is 9.47 Å². The van der Waals surface area contributed by atoms with Gasteiger partial charge in [-0.3, -0.25) is 9.59 Å².